The lowest BCUT2D eigenvalue weighted by molar-refractivity contribution is 0.434. The first-order valence-electron chi connectivity index (χ1n) is 20.6. The number of nitrogens with zero attached hydrogens (tertiary/aromatic N) is 3. The van der Waals surface area contributed by atoms with Crippen molar-refractivity contribution in [1.82, 2.24) is 4.57 Å². The van der Waals surface area contributed by atoms with Crippen LogP contribution in [0.3, 0.4) is 0 Å². The predicted molar refractivity (Wildman–Crippen MR) is 241 cm³/mol. The van der Waals surface area contributed by atoms with Gasteiger partial charge in [0.2, 0.25) is 0 Å². The molecule has 12 rings (SSSR count). The van der Waals surface area contributed by atoms with Gasteiger partial charge >= 0.3 is 0 Å². The monoisotopic (exact) mass is 757 g/mol. The molecule has 0 bridgehead atoms. The van der Waals surface area contributed by atoms with Crippen LogP contribution in [0.1, 0.15) is 58.3 Å². The molecule has 3 atom stereocenters. The summed E-state index contributed by atoms with van der Waals surface area (Å²) in [5.74, 6) is 2.65. The molecular weight excluding hydrogens is 719 g/mol. The zero-order valence-electron chi connectivity index (χ0n) is 32.6. The summed E-state index contributed by atoms with van der Waals surface area (Å²) in [7, 11) is 0. The highest BCUT2D eigenvalue weighted by Crippen LogP contribution is 2.60. The molecule has 0 fully saturated rings. The number of hydrogen-bond donors (Lipinski definition) is 0. The van der Waals surface area contributed by atoms with E-state index >= 15 is 0 Å². The van der Waals surface area contributed by atoms with Crippen molar-refractivity contribution in [3.8, 4) is 28.3 Å². The quantitative estimate of drug-likeness (QED) is 0.172. The van der Waals surface area contributed by atoms with Crippen LogP contribution < -0.4 is 4.74 Å². The van der Waals surface area contributed by atoms with Gasteiger partial charge in [-0.2, -0.15) is 0 Å². The summed E-state index contributed by atoms with van der Waals surface area (Å²) in [5, 5.41) is 2.52. The van der Waals surface area contributed by atoms with E-state index in [-0.39, 0.29) is 12.0 Å². The number of para-hydroxylation sites is 4. The molecule has 4 nitrogen and oxygen atoms in total. The van der Waals surface area contributed by atoms with Crippen molar-refractivity contribution in [2.45, 2.75) is 24.8 Å². The number of ether oxygens (including phenoxy) is 1. The lowest BCUT2D eigenvalue weighted by Gasteiger charge is -2.45. The molecule has 4 heterocycles. The molecule has 1 spiro atoms. The fourth-order valence-electron chi connectivity index (χ4n) is 10.3. The summed E-state index contributed by atoms with van der Waals surface area (Å²) in [6.45, 7) is 2.26. The van der Waals surface area contributed by atoms with Gasteiger partial charge in [-0.3, -0.25) is 4.99 Å². The van der Waals surface area contributed by atoms with Crippen LogP contribution in [0, 0.1) is 5.92 Å². The molecular formula is C55H39N3O. The van der Waals surface area contributed by atoms with Gasteiger partial charge in [0.25, 0.3) is 0 Å². The molecule has 0 N–H and O–H groups in total. The van der Waals surface area contributed by atoms with Crippen molar-refractivity contribution in [2.75, 3.05) is 0 Å². The summed E-state index contributed by atoms with van der Waals surface area (Å²) in [6.07, 6.45) is 0.911. The molecule has 0 saturated carbocycles. The second kappa shape index (κ2) is 13.1. The Morgan fingerprint density at radius 3 is 2.02 bits per heavy atom. The molecule has 0 radical (unpaired) electrons. The van der Waals surface area contributed by atoms with Crippen LogP contribution in [-0.4, -0.2) is 16.1 Å². The zero-order valence-corrected chi connectivity index (χ0v) is 32.6. The fourth-order valence-corrected chi connectivity index (χ4v) is 10.3. The number of fused-ring (bicyclic) bond motifs is 11. The number of amidine groups is 1. The van der Waals surface area contributed by atoms with Crippen LogP contribution in [0.2, 0.25) is 0 Å². The maximum Gasteiger partial charge on any atom is 0.155 e. The van der Waals surface area contributed by atoms with E-state index in [0.717, 1.165) is 62.8 Å². The van der Waals surface area contributed by atoms with Gasteiger partial charge in [-0.1, -0.05) is 165 Å². The summed E-state index contributed by atoms with van der Waals surface area (Å²) in [4.78, 5) is 10.7. The number of aromatic nitrogens is 1. The molecule has 1 aromatic heterocycles. The molecule has 0 saturated heterocycles. The van der Waals surface area contributed by atoms with E-state index in [1.807, 2.05) is 6.07 Å². The van der Waals surface area contributed by atoms with Gasteiger partial charge in [0.15, 0.2) is 5.84 Å². The van der Waals surface area contributed by atoms with Crippen molar-refractivity contribution >= 4 is 33.4 Å². The summed E-state index contributed by atoms with van der Waals surface area (Å²) in [5.41, 5.74) is 14.5. The Morgan fingerprint density at radius 1 is 0.525 bits per heavy atom. The normalized spacial score (nSPS) is 18.7. The minimum absolute atomic E-state index is 0.105. The van der Waals surface area contributed by atoms with Gasteiger partial charge in [-0.15, -0.1) is 0 Å². The van der Waals surface area contributed by atoms with Gasteiger partial charge in [0.1, 0.15) is 11.5 Å². The Bertz CT molecular complexity index is 3200. The van der Waals surface area contributed by atoms with Crippen LogP contribution in [0.4, 0.5) is 0 Å². The topological polar surface area (TPSA) is 38.9 Å². The number of rotatable bonds is 5. The summed E-state index contributed by atoms with van der Waals surface area (Å²) >= 11 is 0. The first-order chi connectivity index (χ1) is 29.2. The van der Waals surface area contributed by atoms with Crippen molar-refractivity contribution in [1.29, 1.82) is 0 Å². The largest absolute Gasteiger partial charge is 0.457 e. The van der Waals surface area contributed by atoms with Crippen LogP contribution in [0.15, 0.2) is 204 Å². The van der Waals surface area contributed by atoms with Gasteiger partial charge < -0.3 is 9.30 Å². The lowest BCUT2D eigenvalue weighted by atomic mass is 9.61. The Kier molecular flexibility index (Phi) is 7.52. The zero-order chi connectivity index (χ0) is 39.1. The smallest absolute Gasteiger partial charge is 0.155 e. The standard InChI is InChI=1S/C55H39N3O/c1-2-40-51(35-17-5-3-6-18-35)56-54(36-19-7-4-8-20-36)57-52(40)39-22-15-21-37(33-39)38-31-32-50-46(34-38)55(44-26-11-14-30-49(44)59-50)43-25-10-13-29-48(43)58-47-28-12-9-23-41(47)42-24-16-27-45(55)53(42)58/h3-34,40,52H,2H2,1H3. The predicted octanol–water partition coefficient (Wildman–Crippen LogP) is 13.3. The van der Waals surface area contributed by atoms with E-state index in [0.29, 0.717) is 0 Å². The van der Waals surface area contributed by atoms with Crippen LogP contribution >= 0.6 is 0 Å². The average Bonchev–Trinajstić information content (AvgIpc) is 3.65. The molecule has 8 aromatic carbocycles. The fraction of sp³-hybridized carbons (Fsp3) is 0.0909. The Morgan fingerprint density at radius 2 is 1.17 bits per heavy atom. The highest BCUT2D eigenvalue weighted by Gasteiger charge is 2.50. The molecule has 3 aliphatic rings. The van der Waals surface area contributed by atoms with Crippen LogP contribution in [-0.2, 0) is 5.41 Å². The van der Waals surface area contributed by atoms with E-state index in [2.05, 4.69) is 200 Å². The Balaban J connectivity index is 1.07. The first kappa shape index (κ1) is 33.8. The van der Waals surface area contributed by atoms with E-state index in [4.69, 9.17) is 14.7 Å². The summed E-state index contributed by atoms with van der Waals surface area (Å²) < 4.78 is 9.35. The maximum atomic E-state index is 6.87. The van der Waals surface area contributed by atoms with Gasteiger partial charge in [-0.25, -0.2) is 4.99 Å². The number of hydrogen-bond acceptors (Lipinski definition) is 3. The average molecular weight is 758 g/mol. The van der Waals surface area contributed by atoms with Crippen LogP contribution in [0.5, 0.6) is 11.5 Å². The minimum Gasteiger partial charge on any atom is -0.457 e. The van der Waals surface area contributed by atoms with Crippen LogP contribution in [0.25, 0.3) is 38.6 Å². The Labute approximate surface area is 343 Å². The number of benzene rings is 8. The molecule has 9 aromatic rings. The third-order valence-corrected chi connectivity index (χ3v) is 12.9. The lowest BCUT2D eigenvalue weighted by Crippen LogP contribution is -2.37. The van der Waals surface area contributed by atoms with Crippen molar-refractivity contribution in [2.24, 2.45) is 15.9 Å². The summed E-state index contributed by atoms with van der Waals surface area (Å²) in [6, 6.07) is 70.0. The molecule has 280 valence electrons. The van der Waals surface area contributed by atoms with E-state index in [1.165, 1.54) is 44.2 Å². The molecule has 3 unspecified atom stereocenters. The number of aliphatic imine (C=N–C) groups is 2. The van der Waals surface area contributed by atoms with Crippen molar-refractivity contribution < 1.29 is 4.74 Å². The molecule has 0 aliphatic carbocycles. The second-order valence-electron chi connectivity index (χ2n) is 15.9. The van der Waals surface area contributed by atoms with Gasteiger partial charge in [0.05, 0.1) is 33.9 Å². The third kappa shape index (κ3) is 4.90. The highest BCUT2D eigenvalue weighted by atomic mass is 16.5. The van der Waals surface area contributed by atoms with Gasteiger partial charge in [0, 0.05) is 33.4 Å². The molecule has 0 amide bonds. The highest BCUT2D eigenvalue weighted by molar-refractivity contribution is 6.15. The molecule has 4 heteroatoms. The van der Waals surface area contributed by atoms with E-state index in [9.17, 15) is 0 Å². The third-order valence-electron chi connectivity index (χ3n) is 12.9. The van der Waals surface area contributed by atoms with Crippen molar-refractivity contribution in [3.05, 3.63) is 233 Å². The minimum atomic E-state index is -0.634. The second-order valence-corrected chi connectivity index (χ2v) is 15.9. The first-order valence-corrected chi connectivity index (χ1v) is 20.6. The molecule has 3 aliphatic heterocycles. The molecule has 59 heavy (non-hydrogen) atoms. The van der Waals surface area contributed by atoms with Gasteiger partial charge in [-0.05, 0) is 76.2 Å². The SMILES string of the molecule is CCC1C(c2ccccc2)=NC(c2ccccc2)=NC1c1cccc(-c2ccc3c(c2)C2(c4ccccc4O3)c3ccccc3-n3c4ccccc4c4cccc2c43)c1. The van der Waals surface area contributed by atoms with E-state index in [1.54, 1.807) is 0 Å². The maximum absolute atomic E-state index is 6.87. The van der Waals surface area contributed by atoms with Crippen molar-refractivity contribution in [3.63, 3.8) is 0 Å². The van der Waals surface area contributed by atoms with E-state index < -0.39 is 5.41 Å². The Hall–Kier alpha value is -7.30.